The van der Waals surface area contributed by atoms with E-state index in [2.05, 4.69) is 26.6 Å². The zero-order valence-corrected chi connectivity index (χ0v) is 16.2. The molecule has 2 rings (SSSR count). The highest BCUT2D eigenvalue weighted by molar-refractivity contribution is 9.10. The van der Waals surface area contributed by atoms with Gasteiger partial charge in [-0.1, -0.05) is 24.3 Å². The SMILES string of the molecule is CC(=O)c1ccccc1NC(=O)CN(C)CC(=O)Nc1ccccc1Br. The van der Waals surface area contributed by atoms with Crippen LogP contribution in [0.3, 0.4) is 0 Å². The van der Waals surface area contributed by atoms with Gasteiger partial charge in [0.05, 0.1) is 24.5 Å². The molecule has 0 aromatic heterocycles. The Morgan fingerprint density at radius 2 is 1.38 bits per heavy atom. The second-order valence-electron chi connectivity index (χ2n) is 5.85. The predicted octanol–water partition coefficient (Wildman–Crippen LogP) is 3.16. The minimum Gasteiger partial charge on any atom is -0.324 e. The van der Waals surface area contributed by atoms with Gasteiger partial charge in [0, 0.05) is 10.0 Å². The third-order valence-electron chi connectivity index (χ3n) is 3.56. The summed E-state index contributed by atoms with van der Waals surface area (Å²) >= 11 is 3.37. The van der Waals surface area contributed by atoms with E-state index >= 15 is 0 Å². The van der Waals surface area contributed by atoms with E-state index in [-0.39, 0.29) is 30.7 Å². The lowest BCUT2D eigenvalue weighted by Gasteiger charge is -2.17. The summed E-state index contributed by atoms with van der Waals surface area (Å²) < 4.78 is 0.787. The van der Waals surface area contributed by atoms with Crippen LogP contribution in [-0.4, -0.2) is 42.6 Å². The minimum atomic E-state index is -0.296. The number of benzene rings is 2. The number of likely N-dealkylation sites (N-methyl/N-ethyl adjacent to an activating group) is 1. The van der Waals surface area contributed by atoms with E-state index in [9.17, 15) is 14.4 Å². The highest BCUT2D eigenvalue weighted by atomic mass is 79.9. The molecule has 2 aromatic rings. The summed E-state index contributed by atoms with van der Waals surface area (Å²) in [6.45, 7) is 1.53. The van der Waals surface area contributed by atoms with Crippen molar-refractivity contribution in [1.82, 2.24) is 4.90 Å². The van der Waals surface area contributed by atoms with Crippen molar-refractivity contribution in [3.05, 3.63) is 58.6 Å². The molecule has 0 unspecified atom stereocenters. The number of halogens is 1. The number of hydrogen-bond acceptors (Lipinski definition) is 4. The second-order valence-corrected chi connectivity index (χ2v) is 6.70. The summed E-state index contributed by atoms with van der Waals surface area (Å²) in [4.78, 5) is 37.5. The minimum absolute atomic E-state index is 0.0234. The number of rotatable bonds is 7. The average Bonchev–Trinajstić information content (AvgIpc) is 2.56. The number of carbonyl (C=O) groups excluding carboxylic acids is 3. The molecule has 2 aromatic carbocycles. The van der Waals surface area contributed by atoms with Gasteiger partial charge in [0.15, 0.2) is 5.78 Å². The maximum atomic E-state index is 12.2. The van der Waals surface area contributed by atoms with Crippen LogP contribution in [0.4, 0.5) is 11.4 Å². The Labute approximate surface area is 160 Å². The van der Waals surface area contributed by atoms with Gasteiger partial charge in [0.25, 0.3) is 0 Å². The molecule has 136 valence electrons. The lowest BCUT2D eigenvalue weighted by Crippen LogP contribution is -2.36. The van der Waals surface area contributed by atoms with Crippen LogP contribution in [0.1, 0.15) is 17.3 Å². The zero-order chi connectivity index (χ0) is 19.1. The third kappa shape index (κ3) is 5.79. The molecule has 0 radical (unpaired) electrons. The lowest BCUT2D eigenvalue weighted by molar-refractivity contribution is -0.119. The second kappa shape index (κ2) is 9.26. The monoisotopic (exact) mass is 417 g/mol. The summed E-state index contributed by atoms with van der Waals surface area (Å²) in [5, 5.41) is 5.50. The van der Waals surface area contributed by atoms with Crippen molar-refractivity contribution in [3.63, 3.8) is 0 Å². The maximum absolute atomic E-state index is 12.2. The first-order chi connectivity index (χ1) is 12.4. The van der Waals surface area contributed by atoms with E-state index in [0.717, 1.165) is 4.47 Å². The number of para-hydroxylation sites is 2. The number of Topliss-reactive ketones (excluding diaryl/α,β-unsaturated/α-hetero) is 1. The zero-order valence-electron chi connectivity index (χ0n) is 14.6. The molecule has 2 N–H and O–H groups in total. The van der Waals surface area contributed by atoms with Crippen LogP contribution >= 0.6 is 15.9 Å². The number of nitrogens with zero attached hydrogens (tertiary/aromatic N) is 1. The van der Waals surface area contributed by atoms with Crippen molar-refractivity contribution in [1.29, 1.82) is 0 Å². The first-order valence-corrected chi connectivity index (χ1v) is 8.79. The average molecular weight is 418 g/mol. The summed E-state index contributed by atoms with van der Waals surface area (Å²) in [5.74, 6) is -0.645. The fraction of sp³-hybridized carbons (Fsp3) is 0.211. The maximum Gasteiger partial charge on any atom is 0.238 e. The summed E-state index contributed by atoms with van der Waals surface area (Å²) in [6, 6.07) is 14.1. The van der Waals surface area contributed by atoms with Crippen LogP contribution in [0.25, 0.3) is 0 Å². The molecule has 0 atom stereocenters. The van der Waals surface area contributed by atoms with E-state index < -0.39 is 0 Å². The highest BCUT2D eigenvalue weighted by Crippen LogP contribution is 2.21. The van der Waals surface area contributed by atoms with Gasteiger partial charge in [-0.15, -0.1) is 0 Å². The van der Waals surface area contributed by atoms with Crippen LogP contribution in [0.15, 0.2) is 53.0 Å². The van der Waals surface area contributed by atoms with Crippen molar-refractivity contribution in [2.24, 2.45) is 0 Å². The molecule has 0 aliphatic rings. The fourth-order valence-corrected chi connectivity index (χ4v) is 2.77. The van der Waals surface area contributed by atoms with Gasteiger partial charge in [0.2, 0.25) is 11.8 Å². The standard InChI is InChI=1S/C19H20BrN3O3/c1-13(24)14-7-3-5-9-16(14)21-18(25)11-23(2)12-19(26)22-17-10-6-4-8-15(17)20/h3-10H,11-12H2,1-2H3,(H,21,25)(H,22,26). The smallest absolute Gasteiger partial charge is 0.238 e. The predicted molar refractivity (Wildman–Crippen MR) is 105 cm³/mol. The van der Waals surface area contributed by atoms with Crippen LogP contribution in [0.5, 0.6) is 0 Å². The normalized spacial score (nSPS) is 10.5. The number of amides is 2. The Bertz CT molecular complexity index is 823. The Balaban J connectivity index is 1.88. The number of carbonyl (C=O) groups is 3. The number of nitrogens with one attached hydrogen (secondary N) is 2. The lowest BCUT2D eigenvalue weighted by atomic mass is 10.1. The van der Waals surface area contributed by atoms with E-state index in [1.165, 1.54) is 6.92 Å². The molecule has 2 amide bonds. The molecule has 26 heavy (non-hydrogen) atoms. The van der Waals surface area contributed by atoms with Crippen molar-refractivity contribution in [2.75, 3.05) is 30.8 Å². The third-order valence-corrected chi connectivity index (χ3v) is 4.25. The van der Waals surface area contributed by atoms with Crippen LogP contribution < -0.4 is 10.6 Å². The van der Waals surface area contributed by atoms with Gasteiger partial charge in [0.1, 0.15) is 0 Å². The molecule has 7 heteroatoms. The van der Waals surface area contributed by atoms with Gasteiger partial charge >= 0.3 is 0 Å². The van der Waals surface area contributed by atoms with E-state index in [4.69, 9.17) is 0 Å². The Hall–Kier alpha value is -2.51. The molecule has 0 bridgehead atoms. The number of ketones is 1. The molecule has 0 aliphatic carbocycles. The van der Waals surface area contributed by atoms with Crippen LogP contribution in [0, 0.1) is 0 Å². The molecule has 0 spiro atoms. The van der Waals surface area contributed by atoms with Crippen molar-refractivity contribution >= 4 is 44.9 Å². The number of hydrogen-bond donors (Lipinski definition) is 2. The molecular formula is C19H20BrN3O3. The topological polar surface area (TPSA) is 78.5 Å². The summed E-state index contributed by atoms with van der Waals surface area (Å²) in [7, 11) is 1.68. The van der Waals surface area contributed by atoms with Crippen LogP contribution in [-0.2, 0) is 9.59 Å². The van der Waals surface area contributed by atoms with Gasteiger partial charge in [-0.3, -0.25) is 19.3 Å². The Kier molecular flexibility index (Phi) is 7.06. The molecular weight excluding hydrogens is 398 g/mol. The molecule has 0 saturated carbocycles. The van der Waals surface area contributed by atoms with Crippen molar-refractivity contribution in [3.8, 4) is 0 Å². The van der Waals surface area contributed by atoms with Crippen LogP contribution in [0.2, 0.25) is 0 Å². The van der Waals surface area contributed by atoms with E-state index in [0.29, 0.717) is 16.9 Å². The van der Waals surface area contributed by atoms with E-state index in [1.807, 2.05) is 18.2 Å². The molecule has 0 aliphatic heterocycles. The molecule has 0 fully saturated rings. The van der Waals surface area contributed by atoms with E-state index in [1.54, 1.807) is 42.3 Å². The largest absolute Gasteiger partial charge is 0.324 e. The van der Waals surface area contributed by atoms with Crippen molar-refractivity contribution < 1.29 is 14.4 Å². The molecule has 6 nitrogen and oxygen atoms in total. The molecule has 0 heterocycles. The Morgan fingerprint density at radius 1 is 0.885 bits per heavy atom. The molecule has 0 saturated heterocycles. The quantitative estimate of drug-likeness (QED) is 0.678. The van der Waals surface area contributed by atoms with Gasteiger partial charge in [-0.2, -0.15) is 0 Å². The fourth-order valence-electron chi connectivity index (χ4n) is 2.39. The van der Waals surface area contributed by atoms with Gasteiger partial charge in [-0.25, -0.2) is 0 Å². The summed E-state index contributed by atoms with van der Waals surface area (Å²) in [6.07, 6.45) is 0. The first-order valence-electron chi connectivity index (χ1n) is 7.99. The Morgan fingerprint density at radius 3 is 1.96 bits per heavy atom. The van der Waals surface area contributed by atoms with Gasteiger partial charge in [-0.05, 0) is 54.2 Å². The van der Waals surface area contributed by atoms with Crippen molar-refractivity contribution in [2.45, 2.75) is 6.92 Å². The van der Waals surface area contributed by atoms with Gasteiger partial charge < -0.3 is 10.6 Å². The first kappa shape index (κ1) is 19.8. The highest BCUT2D eigenvalue weighted by Gasteiger charge is 2.14. The number of anilines is 2. The summed E-state index contributed by atoms with van der Waals surface area (Å²) in [5.41, 5.74) is 1.59.